The van der Waals surface area contributed by atoms with Crippen molar-refractivity contribution >= 4 is 28.4 Å². The van der Waals surface area contributed by atoms with E-state index in [0.29, 0.717) is 30.2 Å². The maximum atomic E-state index is 13.2. The van der Waals surface area contributed by atoms with Crippen LogP contribution in [0.4, 0.5) is 5.69 Å². The van der Waals surface area contributed by atoms with Gasteiger partial charge in [-0.1, -0.05) is 55.1 Å². The topological polar surface area (TPSA) is 65.1 Å². The molecule has 0 aromatic heterocycles. The van der Waals surface area contributed by atoms with Crippen LogP contribution in [0.1, 0.15) is 34.0 Å². The molecule has 184 valence electrons. The van der Waals surface area contributed by atoms with Crippen LogP contribution in [-0.2, 0) is 19.9 Å². The first-order chi connectivity index (χ1) is 18.1. The molecule has 0 saturated heterocycles. The van der Waals surface area contributed by atoms with Crippen LogP contribution in [0.15, 0.2) is 91.5 Å². The zero-order valence-electron chi connectivity index (χ0n) is 20.4. The molecule has 6 rings (SSSR count). The van der Waals surface area contributed by atoms with Crippen molar-refractivity contribution in [3.05, 3.63) is 114 Å². The van der Waals surface area contributed by atoms with Gasteiger partial charge in [-0.3, -0.25) is 0 Å². The second kappa shape index (κ2) is 8.82. The molecule has 6 heteroatoms. The van der Waals surface area contributed by atoms with Crippen molar-refractivity contribution < 1.29 is 23.8 Å². The largest absolute Gasteiger partial charge is 0.461 e. The maximum absolute atomic E-state index is 13.2. The smallest absolute Gasteiger partial charge is 0.340 e. The Kier molecular flexibility index (Phi) is 5.45. The van der Waals surface area contributed by atoms with Crippen LogP contribution < -0.4 is 9.64 Å². The van der Waals surface area contributed by atoms with Crippen LogP contribution in [0.2, 0.25) is 0 Å². The highest BCUT2D eigenvalue weighted by molar-refractivity contribution is 6.00. The molecule has 2 aliphatic rings. The average Bonchev–Trinajstić information content (AvgIpc) is 3.23. The molecule has 4 aromatic carbocycles. The predicted molar refractivity (Wildman–Crippen MR) is 141 cm³/mol. The molecular formula is C31H25NO5. The van der Waals surface area contributed by atoms with Crippen LogP contribution in [-0.4, -0.2) is 31.6 Å². The average molecular weight is 492 g/mol. The van der Waals surface area contributed by atoms with Gasteiger partial charge in [-0.25, -0.2) is 9.59 Å². The molecule has 0 radical (unpaired) electrons. The van der Waals surface area contributed by atoms with Gasteiger partial charge in [0.1, 0.15) is 18.1 Å². The Hall–Kier alpha value is -4.58. The van der Waals surface area contributed by atoms with Gasteiger partial charge in [-0.2, -0.15) is 0 Å². The number of anilines is 1. The number of fused-ring (bicyclic) bond motifs is 8. The highest BCUT2D eigenvalue weighted by Gasteiger charge is 2.54. The van der Waals surface area contributed by atoms with Gasteiger partial charge in [-0.15, -0.1) is 0 Å². The van der Waals surface area contributed by atoms with E-state index >= 15 is 0 Å². The summed E-state index contributed by atoms with van der Waals surface area (Å²) < 4.78 is 18.0. The van der Waals surface area contributed by atoms with E-state index in [1.165, 1.54) is 0 Å². The quantitative estimate of drug-likeness (QED) is 0.245. The van der Waals surface area contributed by atoms with E-state index in [0.717, 1.165) is 39.2 Å². The zero-order valence-corrected chi connectivity index (χ0v) is 20.4. The van der Waals surface area contributed by atoms with Gasteiger partial charge < -0.3 is 19.1 Å². The molecule has 2 heterocycles. The number of ether oxygens (including phenoxy) is 3. The van der Waals surface area contributed by atoms with Crippen molar-refractivity contribution in [2.75, 3.05) is 24.6 Å². The molecule has 0 aliphatic carbocycles. The number of carbonyl (C=O) groups is 2. The standard InChI is InChI=1S/C31H25NO5/c1-3-28(33)35-18-17-32(4-2)21-14-15-25-27(19-21)36-26-16-13-20-9-5-6-10-22(20)29(26)31(25)24-12-8-7-11-23(24)30(34)37-31/h3,5-16,19H,1,4,17-18H2,2H3. The number of hydrogen-bond acceptors (Lipinski definition) is 6. The van der Waals surface area contributed by atoms with E-state index in [2.05, 4.69) is 11.5 Å². The Morgan fingerprint density at radius 1 is 1.00 bits per heavy atom. The fourth-order valence-corrected chi connectivity index (χ4v) is 5.42. The minimum Gasteiger partial charge on any atom is -0.461 e. The van der Waals surface area contributed by atoms with Gasteiger partial charge in [-0.05, 0) is 42.0 Å². The van der Waals surface area contributed by atoms with Crippen LogP contribution in [0, 0.1) is 0 Å². The van der Waals surface area contributed by atoms with Gasteiger partial charge in [0.05, 0.1) is 17.7 Å². The number of hydrogen-bond donors (Lipinski definition) is 0. The first-order valence-corrected chi connectivity index (χ1v) is 12.3. The molecule has 0 fully saturated rings. The molecular weight excluding hydrogens is 466 g/mol. The van der Waals surface area contributed by atoms with E-state index < -0.39 is 11.6 Å². The third-order valence-corrected chi connectivity index (χ3v) is 7.10. The lowest BCUT2D eigenvalue weighted by Crippen LogP contribution is -2.34. The highest BCUT2D eigenvalue weighted by atomic mass is 16.6. The fraction of sp³-hybridized carbons (Fsp3) is 0.161. The second-order valence-corrected chi connectivity index (χ2v) is 9.01. The lowest BCUT2D eigenvalue weighted by atomic mass is 9.76. The summed E-state index contributed by atoms with van der Waals surface area (Å²) in [5.41, 5.74) is 2.73. The van der Waals surface area contributed by atoms with Gasteiger partial charge in [0, 0.05) is 35.5 Å². The molecule has 0 bridgehead atoms. The van der Waals surface area contributed by atoms with E-state index in [4.69, 9.17) is 14.2 Å². The molecule has 1 spiro atoms. The molecule has 1 unspecified atom stereocenters. The summed E-state index contributed by atoms with van der Waals surface area (Å²) in [6, 6.07) is 25.5. The third-order valence-electron chi connectivity index (χ3n) is 7.10. The SMILES string of the molecule is C=CC(=O)OCCN(CC)c1ccc2c(c1)Oc1ccc3ccccc3c1C21OC(=O)c2ccccc21. The van der Waals surface area contributed by atoms with Crippen molar-refractivity contribution in [3.8, 4) is 11.5 Å². The van der Waals surface area contributed by atoms with Crippen LogP contribution in [0.3, 0.4) is 0 Å². The zero-order chi connectivity index (χ0) is 25.6. The summed E-state index contributed by atoms with van der Waals surface area (Å²) in [4.78, 5) is 26.8. The number of nitrogens with zero attached hydrogens (tertiary/aromatic N) is 1. The van der Waals surface area contributed by atoms with Crippen LogP contribution >= 0.6 is 0 Å². The molecule has 0 saturated carbocycles. The first-order valence-electron chi connectivity index (χ1n) is 12.3. The summed E-state index contributed by atoms with van der Waals surface area (Å²) in [7, 11) is 0. The molecule has 6 nitrogen and oxygen atoms in total. The Bertz CT molecular complexity index is 1580. The second-order valence-electron chi connectivity index (χ2n) is 9.01. The highest BCUT2D eigenvalue weighted by Crippen LogP contribution is 2.58. The Morgan fingerprint density at radius 2 is 1.81 bits per heavy atom. The van der Waals surface area contributed by atoms with Gasteiger partial charge in [0.25, 0.3) is 0 Å². The predicted octanol–water partition coefficient (Wildman–Crippen LogP) is 5.96. The summed E-state index contributed by atoms with van der Waals surface area (Å²) in [5, 5.41) is 2.01. The number of benzene rings is 4. The van der Waals surface area contributed by atoms with Crippen LogP contribution in [0.25, 0.3) is 10.8 Å². The summed E-state index contributed by atoms with van der Waals surface area (Å²) in [5.74, 6) is 0.463. The minimum absolute atomic E-state index is 0.236. The van der Waals surface area contributed by atoms with Gasteiger partial charge >= 0.3 is 11.9 Å². The monoisotopic (exact) mass is 491 g/mol. The van der Waals surface area contributed by atoms with Crippen molar-refractivity contribution in [2.45, 2.75) is 12.5 Å². The summed E-state index contributed by atoms with van der Waals surface area (Å²) in [6.45, 7) is 6.93. The van der Waals surface area contributed by atoms with Crippen molar-refractivity contribution in [3.63, 3.8) is 0 Å². The molecule has 1 atom stereocenters. The molecule has 4 aromatic rings. The molecule has 0 N–H and O–H groups in total. The van der Waals surface area contributed by atoms with Crippen molar-refractivity contribution in [1.29, 1.82) is 0 Å². The number of carbonyl (C=O) groups excluding carboxylic acids is 2. The molecule has 0 amide bonds. The van der Waals surface area contributed by atoms with Crippen molar-refractivity contribution in [2.24, 2.45) is 0 Å². The number of rotatable bonds is 6. The van der Waals surface area contributed by atoms with Crippen LogP contribution in [0.5, 0.6) is 11.5 Å². The van der Waals surface area contributed by atoms with E-state index in [-0.39, 0.29) is 12.6 Å². The maximum Gasteiger partial charge on any atom is 0.340 e. The summed E-state index contributed by atoms with van der Waals surface area (Å²) in [6.07, 6.45) is 1.16. The van der Waals surface area contributed by atoms with E-state index in [1.807, 2.05) is 85.8 Å². The lowest BCUT2D eigenvalue weighted by molar-refractivity contribution is -0.137. The van der Waals surface area contributed by atoms with Crippen molar-refractivity contribution in [1.82, 2.24) is 0 Å². The Morgan fingerprint density at radius 3 is 2.65 bits per heavy atom. The van der Waals surface area contributed by atoms with Gasteiger partial charge in [0.15, 0.2) is 5.60 Å². The molecule has 37 heavy (non-hydrogen) atoms. The Balaban J connectivity index is 1.52. The number of esters is 2. The fourth-order valence-electron chi connectivity index (χ4n) is 5.42. The minimum atomic E-state index is -1.13. The van der Waals surface area contributed by atoms with Gasteiger partial charge in [0.2, 0.25) is 0 Å². The first kappa shape index (κ1) is 22.9. The normalized spacial score (nSPS) is 16.8. The molecule has 2 aliphatic heterocycles. The number of likely N-dealkylation sites (N-methyl/N-ethyl adjacent to an activating group) is 1. The van der Waals surface area contributed by atoms with E-state index in [1.54, 1.807) is 0 Å². The summed E-state index contributed by atoms with van der Waals surface area (Å²) >= 11 is 0. The Labute approximate surface area is 214 Å². The van der Waals surface area contributed by atoms with E-state index in [9.17, 15) is 9.59 Å². The lowest BCUT2D eigenvalue weighted by Gasteiger charge is -2.38. The third kappa shape index (κ3) is 3.48.